The van der Waals surface area contributed by atoms with E-state index in [-0.39, 0.29) is 18.4 Å². The number of benzene rings is 2. The number of likely N-dealkylation sites (tertiary alicyclic amines) is 1. The van der Waals surface area contributed by atoms with E-state index in [0.29, 0.717) is 42.0 Å². The van der Waals surface area contributed by atoms with Crippen LogP contribution < -0.4 is 9.47 Å². The summed E-state index contributed by atoms with van der Waals surface area (Å²) >= 11 is 6.48. The highest BCUT2D eigenvalue weighted by Crippen LogP contribution is 2.40. The Hall–Kier alpha value is -2.92. The summed E-state index contributed by atoms with van der Waals surface area (Å²) in [4.78, 5) is 12.9. The molecule has 1 saturated heterocycles. The Bertz CT molecular complexity index is 1170. The van der Waals surface area contributed by atoms with Gasteiger partial charge in [-0.1, -0.05) is 17.7 Å². The Morgan fingerprint density at radius 2 is 1.80 bits per heavy atom. The van der Waals surface area contributed by atoms with Gasteiger partial charge in [0, 0.05) is 42.4 Å². The van der Waals surface area contributed by atoms with Gasteiger partial charge in [-0.2, -0.15) is 26.3 Å². The predicted molar refractivity (Wildman–Crippen MR) is 113 cm³/mol. The number of aliphatic carboxylic acids is 1. The molecular weight excluding hydrogens is 504 g/mol. The normalized spacial score (nSPS) is 17.0. The molecule has 4 rings (SSSR count). The summed E-state index contributed by atoms with van der Waals surface area (Å²) < 4.78 is 89.7. The molecule has 0 saturated carbocycles. The summed E-state index contributed by atoms with van der Waals surface area (Å²) in [5.74, 6) is -0.769. The number of alkyl halides is 6. The second-order valence-electron chi connectivity index (χ2n) is 8.25. The van der Waals surface area contributed by atoms with E-state index in [2.05, 4.69) is 0 Å². The summed E-state index contributed by atoms with van der Waals surface area (Å²) in [6.45, 7) is 0.786. The second kappa shape index (κ2) is 9.27. The Morgan fingerprint density at radius 3 is 2.43 bits per heavy atom. The highest BCUT2D eigenvalue weighted by molar-refractivity contribution is 6.49. The molecule has 188 valence electrons. The van der Waals surface area contributed by atoms with Crippen LogP contribution in [0.2, 0.25) is 0 Å². The molecule has 12 heteroatoms. The van der Waals surface area contributed by atoms with Crippen LogP contribution >= 0.6 is 11.6 Å². The van der Waals surface area contributed by atoms with E-state index in [4.69, 9.17) is 26.2 Å². The lowest BCUT2D eigenvalue weighted by molar-refractivity contribution is -0.147. The van der Waals surface area contributed by atoms with Crippen molar-refractivity contribution >= 4 is 22.6 Å². The third-order valence-corrected chi connectivity index (χ3v) is 6.23. The largest absolute Gasteiger partial charge is 0.489 e. The summed E-state index contributed by atoms with van der Waals surface area (Å²) in [7, 11) is 0. The van der Waals surface area contributed by atoms with E-state index in [1.807, 2.05) is 4.90 Å². The molecule has 1 fully saturated rings. The Balaban J connectivity index is 1.47. The number of fused-ring (bicyclic) bond motifs is 1. The van der Waals surface area contributed by atoms with E-state index in [1.165, 1.54) is 12.1 Å². The SMILES string of the molecule is O=C(O)C1CN(CC2=C(Cl)c3ccc(OCc4ccc(C(F)(F)F)cc4C(F)(F)F)cc3OC2)C1. The van der Waals surface area contributed by atoms with E-state index >= 15 is 0 Å². The number of nitrogens with zero attached hydrogens (tertiary/aromatic N) is 1. The van der Waals surface area contributed by atoms with Crippen LogP contribution in [0, 0.1) is 5.92 Å². The molecule has 0 atom stereocenters. The standard InChI is InChI=1S/C23H18ClF6NO4/c24-20-14(9-31-7-13(8-31)21(32)33)11-35-19-6-16(3-4-17(19)20)34-10-12-1-2-15(22(25,26)27)5-18(12)23(28,29)30/h1-6,13H,7-11H2,(H,32,33). The van der Waals surface area contributed by atoms with E-state index in [9.17, 15) is 31.1 Å². The van der Waals surface area contributed by atoms with Crippen molar-refractivity contribution in [3.63, 3.8) is 0 Å². The molecule has 2 aliphatic rings. The van der Waals surface area contributed by atoms with Crippen molar-refractivity contribution in [2.24, 2.45) is 5.92 Å². The Labute approximate surface area is 200 Å². The summed E-state index contributed by atoms with van der Waals surface area (Å²) in [6.07, 6.45) is -9.90. The number of hydrogen-bond acceptors (Lipinski definition) is 4. The molecule has 2 aromatic carbocycles. The number of hydrogen-bond donors (Lipinski definition) is 1. The molecule has 0 aromatic heterocycles. The minimum absolute atomic E-state index is 0.0670. The Kier molecular flexibility index (Phi) is 6.67. The summed E-state index contributed by atoms with van der Waals surface area (Å²) in [6, 6.07) is 5.87. The molecule has 2 aliphatic heterocycles. The first kappa shape index (κ1) is 25.2. The van der Waals surface area contributed by atoms with Crippen LogP contribution in [0.15, 0.2) is 42.0 Å². The van der Waals surface area contributed by atoms with Crippen molar-refractivity contribution in [3.8, 4) is 11.5 Å². The first-order valence-electron chi connectivity index (χ1n) is 10.3. The van der Waals surface area contributed by atoms with Gasteiger partial charge < -0.3 is 14.6 Å². The highest BCUT2D eigenvalue weighted by atomic mass is 35.5. The van der Waals surface area contributed by atoms with Crippen molar-refractivity contribution in [2.75, 3.05) is 26.2 Å². The topological polar surface area (TPSA) is 59.0 Å². The van der Waals surface area contributed by atoms with Crippen LogP contribution in [-0.2, 0) is 23.8 Å². The molecule has 0 bridgehead atoms. The number of halogens is 7. The monoisotopic (exact) mass is 521 g/mol. The fourth-order valence-electron chi connectivity index (χ4n) is 3.86. The van der Waals surface area contributed by atoms with Gasteiger partial charge in [-0.25, -0.2) is 0 Å². The predicted octanol–water partition coefficient (Wildman–Crippen LogP) is 5.66. The first-order valence-corrected chi connectivity index (χ1v) is 10.7. The molecule has 2 heterocycles. The van der Waals surface area contributed by atoms with Gasteiger partial charge in [-0.15, -0.1) is 0 Å². The lowest BCUT2D eigenvalue weighted by Crippen LogP contribution is -2.51. The fourth-order valence-corrected chi connectivity index (χ4v) is 4.13. The van der Waals surface area contributed by atoms with Gasteiger partial charge in [0.25, 0.3) is 0 Å². The molecule has 0 aliphatic carbocycles. The van der Waals surface area contributed by atoms with Crippen LogP contribution in [0.25, 0.3) is 5.03 Å². The van der Waals surface area contributed by atoms with Gasteiger partial charge >= 0.3 is 18.3 Å². The van der Waals surface area contributed by atoms with Crippen molar-refractivity contribution in [2.45, 2.75) is 19.0 Å². The molecule has 0 radical (unpaired) electrons. The van der Waals surface area contributed by atoms with Gasteiger partial charge in [0.05, 0.1) is 22.1 Å². The van der Waals surface area contributed by atoms with Crippen LogP contribution in [0.5, 0.6) is 11.5 Å². The maximum Gasteiger partial charge on any atom is 0.416 e. The number of carboxylic acids is 1. The first-order chi connectivity index (χ1) is 16.3. The van der Waals surface area contributed by atoms with E-state index in [1.54, 1.807) is 6.07 Å². The van der Waals surface area contributed by atoms with Crippen molar-refractivity contribution < 1.29 is 45.7 Å². The number of carbonyl (C=O) groups is 1. The van der Waals surface area contributed by atoms with Crippen LogP contribution in [0.1, 0.15) is 22.3 Å². The summed E-state index contributed by atoms with van der Waals surface area (Å²) in [5, 5.41) is 9.41. The maximum atomic E-state index is 13.3. The molecule has 0 unspecified atom stereocenters. The zero-order chi connectivity index (χ0) is 25.5. The van der Waals surface area contributed by atoms with Crippen LogP contribution in [0.4, 0.5) is 26.3 Å². The molecule has 35 heavy (non-hydrogen) atoms. The second-order valence-corrected chi connectivity index (χ2v) is 8.63. The molecule has 0 amide bonds. The van der Waals surface area contributed by atoms with Gasteiger partial charge in [-0.3, -0.25) is 9.69 Å². The van der Waals surface area contributed by atoms with E-state index in [0.717, 1.165) is 11.6 Å². The smallest absolute Gasteiger partial charge is 0.416 e. The molecule has 0 spiro atoms. The fraction of sp³-hybridized carbons (Fsp3) is 0.348. The van der Waals surface area contributed by atoms with Crippen LogP contribution in [0.3, 0.4) is 0 Å². The van der Waals surface area contributed by atoms with Gasteiger partial charge in [0.2, 0.25) is 0 Å². The van der Waals surface area contributed by atoms with Crippen LogP contribution in [-0.4, -0.2) is 42.2 Å². The Morgan fingerprint density at radius 1 is 1.09 bits per heavy atom. The van der Waals surface area contributed by atoms with Crippen molar-refractivity contribution in [1.82, 2.24) is 4.90 Å². The van der Waals surface area contributed by atoms with Gasteiger partial charge in [0.15, 0.2) is 0 Å². The number of rotatable bonds is 6. The highest BCUT2D eigenvalue weighted by Gasteiger charge is 2.38. The zero-order valence-corrected chi connectivity index (χ0v) is 18.6. The average molecular weight is 522 g/mol. The minimum Gasteiger partial charge on any atom is -0.489 e. The van der Waals surface area contributed by atoms with Gasteiger partial charge in [-0.05, 0) is 24.3 Å². The van der Waals surface area contributed by atoms with Crippen molar-refractivity contribution in [1.29, 1.82) is 0 Å². The lowest BCUT2D eigenvalue weighted by atomic mass is 9.98. The van der Waals surface area contributed by atoms with E-state index < -0.39 is 47.5 Å². The zero-order valence-electron chi connectivity index (χ0n) is 17.8. The molecule has 1 N–H and O–H groups in total. The van der Waals surface area contributed by atoms with Gasteiger partial charge in [0.1, 0.15) is 24.7 Å². The number of carboxylic acid groups (broad SMARTS) is 1. The number of ether oxygens (including phenoxy) is 2. The molecular formula is C23H18ClF6NO4. The quantitative estimate of drug-likeness (QED) is 0.497. The third kappa shape index (κ3) is 5.51. The lowest BCUT2D eigenvalue weighted by Gasteiger charge is -2.38. The maximum absolute atomic E-state index is 13.3. The summed E-state index contributed by atoms with van der Waals surface area (Å²) in [5.41, 5.74) is -1.96. The third-order valence-electron chi connectivity index (χ3n) is 5.76. The minimum atomic E-state index is -4.99. The molecule has 5 nitrogen and oxygen atoms in total. The molecule has 2 aromatic rings. The van der Waals surface area contributed by atoms with Crippen molar-refractivity contribution in [3.05, 3.63) is 64.2 Å². The average Bonchev–Trinajstić information content (AvgIpc) is 2.74.